The van der Waals surface area contributed by atoms with Crippen molar-refractivity contribution in [3.8, 4) is 0 Å². The van der Waals surface area contributed by atoms with Crippen molar-refractivity contribution in [2.75, 3.05) is 13.2 Å². The summed E-state index contributed by atoms with van der Waals surface area (Å²) in [5, 5.41) is 9.05. The van der Waals surface area contributed by atoms with E-state index in [2.05, 4.69) is 6.92 Å². The Labute approximate surface area is 85.2 Å². The molecule has 1 aliphatic heterocycles. The Kier molecular flexibility index (Phi) is 5.40. The molecule has 4 heteroatoms. The van der Waals surface area contributed by atoms with Gasteiger partial charge >= 0.3 is 0 Å². The van der Waals surface area contributed by atoms with E-state index in [1.54, 1.807) is 0 Å². The Bertz CT molecular complexity index is 151. The van der Waals surface area contributed by atoms with Gasteiger partial charge in [-0.05, 0) is 12.8 Å². The zero-order valence-electron chi connectivity index (χ0n) is 8.94. The molecule has 0 aromatic heterocycles. The van der Waals surface area contributed by atoms with E-state index < -0.39 is 6.48 Å². The van der Waals surface area contributed by atoms with Crippen LogP contribution in [-0.4, -0.2) is 37.0 Å². The Morgan fingerprint density at radius 3 is 2.43 bits per heavy atom. The molecule has 0 amide bonds. The Hall–Kier alpha value is -0.160. The van der Waals surface area contributed by atoms with Gasteiger partial charge in [0.2, 0.25) is 0 Å². The Morgan fingerprint density at radius 1 is 1.14 bits per heavy atom. The predicted octanol–water partition coefficient (Wildman–Crippen LogP) is 1.27. The van der Waals surface area contributed by atoms with E-state index in [9.17, 15) is 0 Å². The van der Waals surface area contributed by atoms with Crippen molar-refractivity contribution >= 4 is 0 Å². The molecule has 4 nitrogen and oxygen atoms in total. The second kappa shape index (κ2) is 6.35. The summed E-state index contributed by atoms with van der Waals surface area (Å²) in [5.74, 6) is 0. The van der Waals surface area contributed by atoms with Gasteiger partial charge in [0.25, 0.3) is 6.48 Å². The zero-order valence-corrected chi connectivity index (χ0v) is 8.94. The van der Waals surface area contributed by atoms with E-state index in [4.69, 9.17) is 19.3 Å². The summed E-state index contributed by atoms with van der Waals surface area (Å²) in [6.45, 7) is 4.15. The maximum absolute atomic E-state index is 9.05. The van der Waals surface area contributed by atoms with Gasteiger partial charge in [0.1, 0.15) is 6.10 Å². The number of ether oxygens (including phenoxy) is 3. The lowest BCUT2D eigenvalue weighted by atomic mass is 10.1. The molecular formula is C10H20O4. The highest BCUT2D eigenvalue weighted by Crippen LogP contribution is 2.23. The van der Waals surface area contributed by atoms with Crippen LogP contribution in [0.4, 0.5) is 0 Å². The van der Waals surface area contributed by atoms with Gasteiger partial charge in [-0.3, -0.25) is 0 Å². The van der Waals surface area contributed by atoms with Gasteiger partial charge in [-0.2, -0.15) is 0 Å². The van der Waals surface area contributed by atoms with E-state index in [1.165, 1.54) is 0 Å². The molecule has 0 bridgehead atoms. The molecule has 0 aromatic rings. The third-order valence-electron chi connectivity index (χ3n) is 2.20. The highest BCUT2D eigenvalue weighted by Gasteiger charge is 2.35. The van der Waals surface area contributed by atoms with E-state index >= 15 is 0 Å². The second-order valence-electron chi connectivity index (χ2n) is 3.48. The van der Waals surface area contributed by atoms with Crippen LogP contribution >= 0.6 is 0 Å². The topological polar surface area (TPSA) is 47.9 Å². The molecule has 1 aliphatic rings. The molecule has 14 heavy (non-hydrogen) atoms. The monoisotopic (exact) mass is 204 g/mol. The lowest BCUT2D eigenvalue weighted by Crippen LogP contribution is -2.25. The van der Waals surface area contributed by atoms with Crippen molar-refractivity contribution in [1.82, 2.24) is 0 Å². The fraction of sp³-hybridized carbons (Fsp3) is 1.00. The van der Waals surface area contributed by atoms with Crippen molar-refractivity contribution in [3.05, 3.63) is 0 Å². The first-order chi connectivity index (χ1) is 6.81. The van der Waals surface area contributed by atoms with Crippen molar-refractivity contribution in [1.29, 1.82) is 0 Å². The van der Waals surface area contributed by atoms with Crippen molar-refractivity contribution in [3.63, 3.8) is 0 Å². The molecule has 1 N–H and O–H groups in total. The maximum atomic E-state index is 9.05. The second-order valence-corrected chi connectivity index (χ2v) is 3.48. The van der Waals surface area contributed by atoms with Crippen LogP contribution in [0.5, 0.6) is 0 Å². The molecule has 84 valence electrons. The van der Waals surface area contributed by atoms with E-state index in [1.807, 2.05) is 6.92 Å². The minimum Gasteiger partial charge on any atom is -0.394 e. The first kappa shape index (κ1) is 11.9. The smallest absolute Gasteiger partial charge is 0.272 e. The van der Waals surface area contributed by atoms with Gasteiger partial charge in [-0.15, -0.1) is 0 Å². The fourth-order valence-corrected chi connectivity index (χ4v) is 1.48. The third kappa shape index (κ3) is 3.20. The van der Waals surface area contributed by atoms with Crippen LogP contribution in [0.15, 0.2) is 0 Å². The van der Waals surface area contributed by atoms with E-state index in [0.29, 0.717) is 6.61 Å². The summed E-state index contributed by atoms with van der Waals surface area (Å²) in [5.41, 5.74) is 0. The number of aliphatic hydroxyl groups is 1. The first-order valence-electron chi connectivity index (χ1n) is 5.35. The normalized spacial score (nSPS) is 32.4. The minimum atomic E-state index is -0.580. The number of aliphatic hydroxyl groups excluding tert-OH is 1. The average molecular weight is 204 g/mol. The van der Waals surface area contributed by atoms with Gasteiger partial charge in [-0.1, -0.05) is 20.3 Å². The van der Waals surface area contributed by atoms with Crippen LogP contribution in [-0.2, 0) is 14.2 Å². The third-order valence-corrected chi connectivity index (χ3v) is 2.20. The molecule has 1 saturated heterocycles. The van der Waals surface area contributed by atoms with Gasteiger partial charge in [-0.25, -0.2) is 0 Å². The van der Waals surface area contributed by atoms with Crippen LogP contribution in [0, 0.1) is 0 Å². The molecule has 0 radical (unpaired) electrons. The van der Waals surface area contributed by atoms with Crippen LogP contribution in [0.25, 0.3) is 0 Å². The molecule has 1 heterocycles. The highest BCUT2D eigenvalue weighted by molar-refractivity contribution is 4.74. The Balaban J connectivity index is 2.31. The van der Waals surface area contributed by atoms with Crippen molar-refractivity contribution in [2.45, 2.75) is 51.8 Å². The van der Waals surface area contributed by atoms with Gasteiger partial charge in [0.05, 0.1) is 19.3 Å². The van der Waals surface area contributed by atoms with Crippen LogP contribution < -0.4 is 0 Å². The SMILES string of the molecule is CCCOC1O[C@H](CO)[C@@H](CCC)O1. The molecule has 0 aromatic carbocycles. The average Bonchev–Trinajstić information content (AvgIpc) is 2.58. The number of rotatable bonds is 6. The summed E-state index contributed by atoms with van der Waals surface area (Å²) in [4.78, 5) is 0. The summed E-state index contributed by atoms with van der Waals surface area (Å²) in [6.07, 6.45) is 2.61. The van der Waals surface area contributed by atoms with Crippen LogP contribution in [0.3, 0.4) is 0 Å². The molecule has 0 saturated carbocycles. The molecule has 1 rings (SSSR count). The quantitative estimate of drug-likeness (QED) is 0.708. The molecule has 1 fully saturated rings. The summed E-state index contributed by atoms with van der Waals surface area (Å²) < 4.78 is 16.2. The summed E-state index contributed by atoms with van der Waals surface area (Å²) >= 11 is 0. The molecule has 3 atom stereocenters. The number of hydrogen-bond donors (Lipinski definition) is 1. The van der Waals surface area contributed by atoms with Crippen LogP contribution in [0.1, 0.15) is 33.1 Å². The largest absolute Gasteiger partial charge is 0.394 e. The molecule has 0 spiro atoms. The minimum absolute atomic E-state index is 0.00332. The first-order valence-corrected chi connectivity index (χ1v) is 5.35. The highest BCUT2D eigenvalue weighted by atomic mass is 16.9. The Morgan fingerprint density at radius 2 is 1.86 bits per heavy atom. The van der Waals surface area contributed by atoms with Gasteiger partial charge in [0.15, 0.2) is 0 Å². The molecule has 1 unspecified atom stereocenters. The zero-order chi connectivity index (χ0) is 10.4. The maximum Gasteiger partial charge on any atom is 0.272 e. The lowest BCUT2D eigenvalue weighted by molar-refractivity contribution is -0.243. The van der Waals surface area contributed by atoms with Gasteiger partial charge < -0.3 is 19.3 Å². The van der Waals surface area contributed by atoms with Gasteiger partial charge in [0, 0.05) is 0 Å². The molecular weight excluding hydrogens is 184 g/mol. The fourth-order valence-electron chi connectivity index (χ4n) is 1.48. The van der Waals surface area contributed by atoms with E-state index in [-0.39, 0.29) is 18.8 Å². The molecule has 0 aliphatic carbocycles. The predicted molar refractivity (Wildman–Crippen MR) is 51.8 cm³/mol. The standard InChI is InChI=1S/C10H20O4/c1-3-5-8-9(7-11)14-10(13-8)12-6-4-2/h8-11H,3-7H2,1-2H3/t8-,9-,10?/m1/s1. The number of hydrogen-bond acceptors (Lipinski definition) is 4. The van der Waals surface area contributed by atoms with E-state index in [0.717, 1.165) is 19.3 Å². The van der Waals surface area contributed by atoms with Crippen LogP contribution in [0.2, 0.25) is 0 Å². The summed E-state index contributed by atoms with van der Waals surface area (Å²) in [7, 11) is 0. The summed E-state index contributed by atoms with van der Waals surface area (Å²) in [6, 6.07) is 0. The lowest BCUT2D eigenvalue weighted by Gasteiger charge is -2.11. The van der Waals surface area contributed by atoms with Crippen molar-refractivity contribution < 1.29 is 19.3 Å². The van der Waals surface area contributed by atoms with Crippen molar-refractivity contribution in [2.24, 2.45) is 0 Å².